The van der Waals surface area contributed by atoms with Gasteiger partial charge >= 0.3 is 5.97 Å². The molecular formula is C12H23NO2. The van der Waals surface area contributed by atoms with Gasteiger partial charge in [-0.15, -0.1) is 0 Å². The molecular weight excluding hydrogens is 190 g/mol. The van der Waals surface area contributed by atoms with Gasteiger partial charge in [0.05, 0.1) is 0 Å². The average molecular weight is 213 g/mol. The molecule has 0 aromatic rings. The van der Waals surface area contributed by atoms with Gasteiger partial charge in [-0.2, -0.15) is 0 Å². The fourth-order valence-electron chi connectivity index (χ4n) is 2.29. The van der Waals surface area contributed by atoms with E-state index in [9.17, 15) is 4.79 Å². The number of aliphatic carboxylic acids is 1. The van der Waals surface area contributed by atoms with Crippen LogP contribution in [-0.4, -0.2) is 22.7 Å². The Morgan fingerprint density at radius 1 is 1.33 bits per heavy atom. The molecule has 0 saturated heterocycles. The van der Waals surface area contributed by atoms with Crippen molar-refractivity contribution in [2.24, 2.45) is 0 Å². The molecule has 0 radical (unpaired) electrons. The molecule has 88 valence electrons. The second kappa shape index (κ2) is 5.50. The predicted molar refractivity (Wildman–Crippen MR) is 61.0 cm³/mol. The van der Waals surface area contributed by atoms with Crippen LogP contribution in [0.4, 0.5) is 0 Å². The fourth-order valence-corrected chi connectivity index (χ4v) is 2.29. The molecule has 15 heavy (non-hydrogen) atoms. The molecule has 0 spiro atoms. The van der Waals surface area contributed by atoms with E-state index in [4.69, 9.17) is 5.11 Å². The Labute approximate surface area is 92.3 Å². The van der Waals surface area contributed by atoms with Crippen LogP contribution < -0.4 is 5.32 Å². The number of hydrogen-bond donors (Lipinski definition) is 2. The van der Waals surface area contributed by atoms with Crippen molar-refractivity contribution >= 4 is 5.97 Å². The van der Waals surface area contributed by atoms with Crippen molar-refractivity contribution in [1.29, 1.82) is 0 Å². The van der Waals surface area contributed by atoms with E-state index in [2.05, 4.69) is 19.2 Å². The maximum absolute atomic E-state index is 10.5. The standard InChI is InChI=1S/C12H23NO2/c1-12(2,9-8-11(14)15)13-10-6-4-3-5-7-10/h10,13H,3-9H2,1-2H3,(H,14,15). The second-order valence-electron chi connectivity index (χ2n) is 5.26. The minimum atomic E-state index is -0.700. The Balaban J connectivity index is 2.29. The first-order valence-electron chi connectivity index (χ1n) is 5.99. The summed E-state index contributed by atoms with van der Waals surface area (Å²) in [6, 6.07) is 0.600. The zero-order valence-corrected chi connectivity index (χ0v) is 9.88. The topological polar surface area (TPSA) is 49.3 Å². The summed E-state index contributed by atoms with van der Waals surface area (Å²) in [6.07, 6.45) is 7.44. The largest absolute Gasteiger partial charge is 0.481 e. The Kier molecular flexibility index (Phi) is 4.58. The van der Waals surface area contributed by atoms with E-state index < -0.39 is 5.97 Å². The highest BCUT2D eigenvalue weighted by Gasteiger charge is 2.23. The molecule has 3 heteroatoms. The average Bonchev–Trinajstić information content (AvgIpc) is 2.16. The maximum Gasteiger partial charge on any atom is 0.303 e. The molecule has 0 atom stereocenters. The Hall–Kier alpha value is -0.570. The molecule has 1 fully saturated rings. The van der Waals surface area contributed by atoms with Crippen LogP contribution >= 0.6 is 0 Å². The minimum absolute atomic E-state index is 0.0413. The summed E-state index contributed by atoms with van der Waals surface area (Å²) in [6.45, 7) is 4.20. The van der Waals surface area contributed by atoms with Gasteiger partial charge in [0.25, 0.3) is 0 Å². The van der Waals surface area contributed by atoms with Crippen molar-refractivity contribution in [3.63, 3.8) is 0 Å². The molecule has 1 saturated carbocycles. The Morgan fingerprint density at radius 3 is 2.47 bits per heavy atom. The van der Waals surface area contributed by atoms with Gasteiger partial charge in [0.2, 0.25) is 0 Å². The lowest BCUT2D eigenvalue weighted by Crippen LogP contribution is -2.46. The van der Waals surface area contributed by atoms with E-state index in [1.807, 2.05) is 0 Å². The van der Waals surface area contributed by atoms with Crippen LogP contribution in [0.3, 0.4) is 0 Å². The smallest absolute Gasteiger partial charge is 0.303 e. The third-order valence-electron chi connectivity index (χ3n) is 3.16. The molecule has 0 aliphatic heterocycles. The molecule has 1 aliphatic rings. The van der Waals surface area contributed by atoms with Gasteiger partial charge in [-0.05, 0) is 33.1 Å². The zero-order valence-electron chi connectivity index (χ0n) is 9.88. The zero-order chi connectivity index (χ0) is 11.3. The number of hydrogen-bond acceptors (Lipinski definition) is 2. The van der Waals surface area contributed by atoms with E-state index >= 15 is 0 Å². The van der Waals surface area contributed by atoms with Crippen LogP contribution in [-0.2, 0) is 4.79 Å². The van der Waals surface area contributed by atoms with Crippen molar-refractivity contribution in [1.82, 2.24) is 5.32 Å². The summed E-state index contributed by atoms with van der Waals surface area (Å²) in [5.41, 5.74) is -0.0413. The van der Waals surface area contributed by atoms with E-state index in [1.54, 1.807) is 0 Å². The van der Waals surface area contributed by atoms with Gasteiger partial charge in [0, 0.05) is 18.0 Å². The third-order valence-corrected chi connectivity index (χ3v) is 3.16. The summed E-state index contributed by atoms with van der Waals surface area (Å²) in [4.78, 5) is 10.5. The lowest BCUT2D eigenvalue weighted by Gasteiger charge is -2.33. The number of rotatable bonds is 5. The van der Waals surface area contributed by atoms with Crippen molar-refractivity contribution in [3.8, 4) is 0 Å². The van der Waals surface area contributed by atoms with Crippen molar-refractivity contribution < 1.29 is 9.90 Å². The predicted octanol–water partition coefficient (Wildman–Crippen LogP) is 2.55. The first kappa shape index (κ1) is 12.5. The fraction of sp³-hybridized carbons (Fsp3) is 0.917. The van der Waals surface area contributed by atoms with Gasteiger partial charge in [-0.1, -0.05) is 19.3 Å². The highest BCUT2D eigenvalue weighted by molar-refractivity contribution is 5.66. The van der Waals surface area contributed by atoms with Crippen LogP contribution in [0.15, 0.2) is 0 Å². The number of carboxylic acids is 1. The van der Waals surface area contributed by atoms with Crippen LogP contribution in [0.5, 0.6) is 0 Å². The number of nitrogens with one attached hydrogen (secondary N) is 1. The van der Waals surface area contributed by atoms with Gasteiger partial charge in [0.15, 0.2) is 0 Å². The molecule has 1 aliphatic carbocycles. The van der Waals surface area contributed by atoms with E-state index in [0.717, 1.165) is 0 Å². The lowest BCUT2D eigenvalue weighted by molar-refractivity contribution is -0.137. The van der Waals surface area contributed by atoms with E-state index in [-0.39, 0.29) is 12.0 Å². The number of carboxylic acid groups (broad SMARTS) is 1. The highest BCUT2D eigenvalue weighted by Crippen LogP contribution is 2.21. The van der Waals surface area contributed by atoms with Crippen molar-refractivity contribution in [2.75, 3.05) is 0 Å². The van der Waals surface area contributed by atoms with E-state index in [1.165, 1.54) is 32.1 Å². The molecule has 0 bridgehead atoms. The van der Waals surface area contributed by atoms with E-state index in [0.29, 0.717) is 12.5 Å². The summed E-state index contributed by atoms with van der Waals surface area (Å²) in [7, 11) is 0. The van der Waals surface area contributed by atoms with Crippen LogP contribution in [0.25, 0.3) is 0 Å². The van der Waals surface area contributed by atoms with Gasteiger partial charge in [0.1, 0.15) is 0 Å². The highest BCUT2D eigenvalue weighted by atomic mass is 16.4. The summed E-state index contributed by atoms with van der Waals surface area (Å²) >= 11 is 0. The molecule has 1 rings (SSSR count). The quantitative estimate of drug-likeness (QED) is 0.738. The third kappa shape index (κ3) is 5.17. The lowest BCUT2D eigenvalue weighted by atomic mass is 9.91. The number of carbonyl (C=O) groups is 1. The van der Waals surface area contributed by atoms with Crippen molar-refractivity contribution in [3.05, 3.63) is 0 Å². The first-order chi connectivity index (χ1) is 6.99. The molecule has 0 amide bonds. The van der Waals surface area contributed by atoms with Gasteiger partial charge in [-0.25, -0.2) is 0 Å². The normalized spacial score (nSPS) is 19.1. The van der Waals surface area contributed by atoms with Crippen LogP contribution in [0.1, 0.15) is 58.8 Å². The molecule has 0 aromatic heterocycles. The summed E-state index contributed by atoms with van der Waals surface area (Å²) in [5, 5.41) is 12.2. The molecule has 3 nitrogen and oxygen atoms in total. The summed E-state index contributed by atoms with van der Waals surface area (Å²) in [5.74, 6) is -0.700. The molecule has 2 N–H and O–H groups in total. The van der Waals surface area contributed by atoms with Crippen molar-refractivity contribution in [2.45, 2.75) is 70.4 Å². The molecule has 0 heterocycles. The van der Waals surface area contributed by atoms with Crippen LogP contribution in [0.2, 0.25) is 0 Å². The monoisotopic (exact) mass is 213 g/mol. The molecule has 0 aromatic carbocycles. The maximum atomic E-state index is 10.5. The van der Waals surface area contributed by atoms with Crippen LogP contribution in [0, 0.1) is 0 Å². The Bertz CT molecular complexity index is 208. The minimum Gasteiger partial charge on any atom is -0.481 e. The second-order valence-corrected chi connectivity index (χ2v) is 5.26. The first-order valence-corrected chi connectivity index (χ1v) is 5.99. The van der Waals surface area contributed by atoms with Gasteiger partial charge < -0.3 is 10.4 Å². The summed E-state index contributed by atoms with van der Waals surface area (Å²) < 4.78 is 0. The van der Waals surface area contributed by atoms with Gasteiger partial charge in [-0.3, -0.25) is 4.79 Å². The Morgan fingerprint density at radius 2 is 1.93 bits per heavy atom. The SMILES string of the molecule is CC(C)(CCC(=O)O)NC1CCCCC1. The molecule has 0 unspecified atom stereocenters.